The van der Waals surface area contributed by atoms with Gasteiger partial charge in [0, 0.05) is 32.6 Å². The third-order valence-corrected chi connectivity index (χ3v) is 7.87. The van der Waals surface area contributed by atoms with Crippen molar-refractivity contribution in [3.63, 3.8) is 0 Å². The van der Waals surface area contributed by atoms with Gasteiger partial charge in [-0.25, -0.2) is 12.8 Å². The molecule has 180 valence electrons. The van der Waals surface area contributed by atoms with Gasteiger partial charge >= 0.3 is 0 Å². The van der Waals surface area contributed by atoms with E-state index < -0.39 is 15.8 Å². The quantitative estimate of drug-likeness (QED) is 0.597. The summed E-state index contributed by atoms with van der Waals surface area (Å²) in [5.74, 6) is -0.483. The molecule has 1 fully saturated rings. The summed E-state index contributed by atoms with van der Waals surface area (Å²) in [7, 11) is -3.94. The third kappa shape index (κ3) is 5.02. The number of benzene rings is 2. The molecular formula is C24H28FN5O3S. The molecule has 0 spiro atoms. The van der Waals surface area contributed by atoms with Gasteiger partial charge in [-0.1, -0.05) is 57.2 Å². The fourth-order valence-electron chi connectivity index (χ4n) is 3.86. The van der Waals surface area contributed by atoms with Gasteiger partial charge < -0.3 is 4.90 Å². The highest BCUT2D eigenvalue weighted by Gasteiger charge is 2.31. The second-order valence-corrected chi connectivity index (χ2v) is 11.3. The van der Waals surface area contributed by atoms with Crippen LogP contribution in [-0.4, -0.2) is 54.1 Å². The first-order chi connectivity index (χ1) is 16.1. The molecule has 1 saturated heterocycles. The molecule has 3 aromatic rings. The number of hydrogen-bond donors (Lipinski definition) is 1. The van der Waals surface area contributed by atoms with Gasteiger partial charge in [-0.2, -0.15) is 4.31 Å². The van der Waals surface area contributed by atoms with E-state index >= 15 is 0 Å². The van der Waals surface area contributed by atoms with Crippen LogP contribution in [0.3, 0.4) is 0 Å². The van der Waals surface area contributed by atoms with Crippen molar-refractivity contribution < 1.29 is 12.8 Å². The van der Waals surface area contributed by atoms with Gasteiger partial charge in [0.25, 0.3) is 5.56 Å². The topological polar surface area (TPSA) is 99.3 Å². The molecule has 0 saturated carbocycles. The van der Waals surface area contributed by atoms with Crippen molar-refractivity contribution in [2.45, 2.75) is 37.5 Å². The minimum Gasteiger partial charge on any atom is -0.338 e. The summed E-state index contributed by atoms with van der Waals surface area (Å²) in [4.78, 5) is 16.8. The molecule has 1 aromatic heterocycles. The van der Waals surface area contributed by atoms with Gasteiger partial charge in [-0.3, -0.25) is 9.78 Å². The lowest BCUT2D eigenvalue weighted by atomic mass is 9.86. The summed E-state index contributed by atoms with van der Waals surface area (Å²) >= 11 is 0. The lowest BCUT2D eigenvalue weighted by molar-refractivity contribution is 0.379. The molecule has 1 aliphatic heterocycles. The van der Waals surface area contributed by atoms with E-state index in [0.717, 1.165) is 11.6 Å². The van der Waals surface area contributed by atoms with Crippen LogP contribution in [0.2, 0.25) is 0 Å². The molecule has 8 nitrogen and oxygen atoms in total. The van der Waals surface area contributed by atoms with Crippen LogP contribution < -0.4 is 10.5 Å². The zero-order valence-electron chi connectivity index (χ0n) is 19.5. The van der Waals surface area contributed by atoms with Crippen LogP contribution >= 0.6 is 0 Å². The van der Waals surface area contributed by atoms with Crippen molar-refractivity contribution in [1.82, 2.24) is 19.5 Å². The van der Waals surface area contributed by atoms with Gasteiger partial charge in [0.15, 0.2) is 0 Å². The first kappa shape index (κ1) is 24.0. The van der Waals surface area contributed by atoms with Crippen LogP contribution in [0, 0.1) is 5.82 Å². The fourth-order valence-corrected chi connectivity index (χ4v) is 5.35. The number of halogens is 1. The third-order valence-electron chi connectivity index (χ3n) is 5.94. The normalized spacial score (nSPS) is 15.5. The molecule has 4 rings (SSSR count). The van der Waals surface area contributed by atoms with E-state index in [2.05, 4.69) is 48.1 Å². The second kappa shape index (κ2) is 9.27. The summed E-state index contributed by atoms with van der Waals surface area (Å²) in [5.41, 5.74) is 2.21. The second-order valence-electron chi connectivity index (χ2n) is 9.37. The maximum absolute atomic E-state index is 14.0. The maximum atomic E-state index is 14.0. The summed E-state index contributed by atoms with van der Waals surface area (Å²) in [5, 5.41) is 8.30. The number of nitrogens with zero attached hydrogens (tertiary/aromatic N) is 4. The van der Waals surface area contributed by atoms with E-state index in [1.807, 2.05) is 12.1 Å². The van der Waals surface area contributed by atoms with Crippen LogP contribution in [0.5, 0.6) is 0 Å². The predicted molar refractivity (Wildman–Crippen MR) is 128 cm³/mol. The van der Waals surface area contributed by atoms with Crippen LogP contribution in [-0.2, 0) is 21.9 Å². The molecule has 0 aliphatic carbocycles. The number of rotatable bonds is 5. The number of nitrogens with one attached hydrogen (secondary N) is 1. The lowest BCUT2D eigenvalue weighted by Crippen LogP contribution is -2.49. The Labute approximate surface area is 198 Å². The first-order valence-corrected chi connectivity index (χ1v) is 12.5. The van der Waals surface area contributed by atoms with Gasteiger partial charge in [0.2, 0.25) is 16.0 Å². The number of hydrogen-bond acceptors (Lipinski definition) is 6. The Morgan fingerprint density at radius 2 is 1.62 bits per heavy atom. The molecule has 0 unspecified atom stereocenters. The molecule has 0 atom stereocenters. The molecule has 10 heteroatoms. The molecule has 0 amide bonds. The number of aromatic amines is 1. The summed E-state index contributed by atoms with van der Waals surface area (Å²) in [6.07, 6.45) is 0.363. The average molecular weight is 486 g/mol. The van der Waals surface area contributed by atoms with Crippen molar-refractivity contribution in [1.29, 1.82) is 0 Å². The zero-order valence-corrected chi connectivity index (χ0v) is 20.3. The predicted octanol–water partition coefficient (Wildman–Crippen LogP) is 2.70. The summed E-state index contributed by atoms with van der Waals surface area (Å²) in [6.45, 7) is 7.31. The van der Waals surface area contributed by atoms with Crippen molar-refractivity contribution in [2.75, 3.05) is 31.1 Å². The Bertz CT molecular complexity index is 1330. The number of aromatic nitrogens is 3. The van der Waals surface area contributed by atoms with Crippen LogP contribution in [0.4, 0.5) is 10.3 Å². The molecule has 1 N–H and O–H groups in total. The maximum Gasteiger partial charge on any atom is 0.274 e. The molecule has 1 aliphatic rings. The van der Waals surface area contributed by atoms with E-state index in [4.69, 9.17) is 0 Å². The minimum absolute atomic E-state index is 0.0517. The van der Waals surface area contributed by atoms with Gasteiger partial charge in [-0.15, -0.1) is 10.2 Å². The Morgan fingerprint density at radius 1 is 0.971 bits per heavy atom. The van der Waals surface area contributed by atoms with Crippen molar-refractivity contribution in [3.05, 3.63) is 81.5 Å². The van der Waals surface area contributed by atoms with Gasteiger partial charge in [-0.05, 0) is 28.7 Å². The summed E-state index contributed by atoms with van der Waals surface area (Å²) < 4.78 is 40.8. The first-order valence-electron chi connectivity index (χ1n) is 11.1. The Balaban J connectivity index is 1.42. The van der Waals surface area contributed by atoms with Gasteiger partial charge in [0.05, 0.1) is 0 Å². The molecule has 2 heterocycles. The highest BCUT2D eigenvalue weighted by molar-refractivity contribution is 7.89. The largest absolute Gasteiger partial charge is 0.338 e. The zero-order chi connectivity index (χ0) is 24.5. The van der Waals surface area contributed by atoms with E-state index in [0.29, 0.717) is 31.2 Å². The monoisotopic (exact) mass is 485 g/mol. The fraction of sp³-hybridized carbons (Fsp3) is 0.375. The number of H-pyrrole nitrogens is 1. The van der Waals surface area contributed by atoms with Crippen molar-refractivity contribution >= 4 is 16.0 Å². The SMILES string of the molecule is CC(C)(C)c1ccc(Cc2nnc(N3CCN(S(=O)(=O)c4ccccc4F)CC3)[nH]c2=O)cc1. The van der Waals surface area contributed by atoms with Crippen LogP contribution in [0.25, 0.3) is 0 Å². The van der Waals surface area contributed by atoms with Crippen molar-refractivity contribution in [3.8, 4) is 0 Å². The highest BCUT2D eigenvalue weighted by Crippen LogP contribution is 2.23. The van der Waals surface area contributed by atoms with E-state index in [1.54, 1.807) is 4.90 Å². The minimum atomic E-state index is -3.94. The highest BCUT2D eigenvalue weighted by atomic mass is 32.2. The number of sulfonamides is 1. The standard InChI is InChI=1S/C24H28FN5O3S/c1-24(2,3)18-10-8-17(9-11-18)16-20-22(31)26-23(28-27-20)29-12-14-30(15-13-29)34(32,33)21-7-5-4-6-19(21)25/h4-11H,12-16H2,1-3H3,(H,26,28,31). The molecule has 0 radical (unpaired) electrons. The van der Waals surface area contributed by atoms with E-state index in [1.165, 1.54) is 28.1 Å². The molecule has 0 bridgehead atoms. The average Bonchev–Trinajstić information content (AvgIpc) is 2.80. The van der Waals surface area contributed by atoms with Crippen molar-refractivity contribution in [2.24, 2.45) is 0 Å². The molecule has 34 heavy (non-hydrogen) atoms. The van der Waals surface area contributed by atoms with Crippen LogP contribution in [0.15, 0.2) is 58.2 Å². The Morgan fingerprint density at radius 3 is 2.21 bits per heavy atom. The molecular weight excluding hydrogens is 457 g/mol. The Hall–Kier alpha value is -3.11. The van der Waals surface area contributed by atoms with Crippen LogP contribution in [0.1, 0.15) is 37.6 Å². The van der Waals surface area contributed by atoms with E-state index in [9.17, 15) is 17.6 Å². The lowest BCUT2D eigenvalue weighted by Gasteiger charge is -2.34. The summed E-state index contributed by atoms with van der Waals surface area (Å²) in [6, 6.07) is 13.4. The van der Waals surface area contributed by atoms with E-state index in [-0.39, 0.29) is 29.0 Å². The smallest absolute Gasteiger partial charge is 0.274 e. The van der Waals surface area contributed by atoms with Gasteiger partial charge in [0.1, 0.15) is 16.4 Å². The molecule has 2 aromatic carbocycles. The number of piperazine rings is 1. The Kier molecular flexibility index (Phi) is 6.55. The number of anilines is 1.